The lowest BCUT2D eigenvalue weighted by atomic mass is 10.1. The highest BCUT2D eigenvalue weighted by Crippen LogP contribution is 2.14. The van der Waals surface area contributed by atoms with E-state index < -0.39 is 4.92 Å². The van der Waals surface area contributed by atoms with Crippen LogP contribution in [0.1, 0.15) is 22.8 Å². The molecule has 0 fully saturated rings. The summed E-state index contributed by atoms with van der Waals surface area (Å²) in [6.07, 6.45) is 0. The highest BCUT2D eigenvalue weighted by atomic mass is 16.6. The molecule has 0 aliphatic carbocycles. The second kappa shape index (κ2) is 7.21. The average molecular weight is 300 g/mol. The van der Waals surface area contributed by atoms with Crippen LogP contribution in [0, 0.1) is 10.1 Å². The largest absolute Gasteiger partial charge is 0.494 e. The van der Waals surface area contributed by atoms with Crippen LogP contribution in [0.2, 0.25) is 0 Å². The zero-order valence-electron chi connectivity index (χ0n) is 12.1. The number of hydrogen-bond acceptors (Lipinski definition) is 4. The van der Waals surface area contributed by atoms with Crippen LogP contribution >= 0.6 is 0 Å². The average Bonchev–Trinajstić information content (AvgIpc) is 2.54. The number of nitro groups is 1. The van der Waals surface area contributed by atoms with Crippen molar-refractivity contribution in [2.24, 2.45) is 0 Å². The number of nitro benzene ring substituents is 1. The minimum atomic E-state index is -0.525. The maximum absolute atomic E-state index is 12.0. The van der Waals surface area contributed by atoms with Gasteiger partial charge in [-0.2, -0.15) is 0 Å². The molecule has 2 rings (SSSR count). The van der Waals surface area contributed by atoms with Gasteiger partial charge in [0.2, 0.25) is 0 Å². The fraction of sp³-hybridized carbons (Fsp3) is 0.188. The molecule has 0 atom stereocenters. The highest BCUT2D eigenvalue weighted by Gasteiger charge is 2.11. The van der Waals surface area contributed by atoms with Gasteiger partial charge in [0.1, 0.15) is 5.75 Å². The van der Waals surface area contributed by atoms with Gasteiger partial charge in [0, 0.05) is 24.2 Å². The van der Waals surface area contributed by atoms with Crippen molar-refractivity contribution in [3.8, 4) is 5.75 Å². The van der Waals surface area contributed by atoms with E-state index in [4.69, 9.17) is 4.74 Å². The standard InChI is InChI=1S/C16H16N2O4/c1-2-22-15-8-6-12(7-9-15)11-17-16(19)13-4-3-5-14(10-13)18(20)21/h3-10H,2,11H2,1H3,(H,17,19). The Morgan fingerprint density at radius 3 is 2.59 bits per heavy atom. The SMILES string of the molecule is CCOc1ccc(CNC(=O)c2cccc([N+](=O)[O-])c2)cc1. The minimum Gasteiger partial charge on any atom is -0.494 e. The van der Waals surface area contributed by atoms with Crippen LogP contribution in [0.5, 0.6) is 5.75 Å². The first-order valence-corrected chi connectivity index (χ1v) is 6.84. The van der Waals surface area contributed by atoms with Crippen molar-refractivity contribution in [3.05, 3.63) is 69.8 Å². The topological polar surface area (TPSA) is 81.5 Å². The van der Waals surface area contributed by atoms with Crippen molar-refractivity contribution >= 4 is 11.6 Å². The zero-order chi connectivity index (χ0) is 15.9. The van der Waals surface area contributed by atoms with Gasteiger partial charge in [0.15, 0.2) is 0 Å². The fourth-order valence-electron chi connectivity index (χ4n) is 1.92. The Labute approximate surface area is 127 Å². The lowest BCUT2D eigenvalue weighted by Gasteiger charge is -2.07. The molecule has 6 nitrogen and oxygen atoms in total. The molecule has 6 heteroatoms. The predicted molar refractivity (Wildman–Crippen MR) is 81.9 cm³/mol. The molecule has 0 aliphatic heterocycles. The van der Waals surface area contributed by atoms with Crippen LogP contribution < -0.4 is 10.1 Å². The van der Waals surface area contributed by atoms with E-state index in [0.29, 0.717) is 13.2 Å². The van der Waals surface area contributed by atoms with E-state index in [-0.39, 0.29) is 17.2 Å². The smallest absolute Gasteiger partial charge is 0.270 e. The molecule has 1 amide bonds. The van der Waals surface area contributed by atoms with Crippen molar-refractivity contribution in [2.75, 3.05) is 6.61 Å². The summed E-state index contributed by atoms with van der Waals surface area (Å²) in [6, 6.07) is 13.0. The molecule has 0 heterocycles. The zero-order valence-corrected chi connectivity index (χ0v) is 12.1. The van der Waals surface area contributed by atoms with Crippen molar-refractivity contribution in [1.82, 2.24) is 5.32 Å². The van der Waals surface area contributed by atoms with E-state index >= 15 is 0 Å². The molecule has 0 unspecified atom stereocenters. The van der Waals surface area contributed by atoms with Crippen LogP contribution in [-0.2, 0) is 6.54 Å². The van der Waals surface area contributed by atoms with E-state index in [9.17, 15) is 14.9 Å². The van der Waals surface area contributed by atoms with Gasteiger partial charge in [-0.3, -0.25) is 14.9 Å². The molecule has 0 radical (unpaired) electrons. The summed E-state index contributed by atoms with van der Waals surface area (Å²) in [4.78, 5) is 22.2. The number of carbonyl (C=O) groups is 1. The van der Waals surface area contributed by atoms with Crippen LogP contribution in [0.3, 0.4) is 0 Å². The Balaban J connectivity index is 1.97. The Hall–Kier alpha value is -2.89. The summed E-state index contributed by atoms with van der Waals surface area (Å²) >= 11 is 0. The van der Waals surface area contributed by atoms with Crippen molar-refractivity contribution in [1.29, 1.82) is 0 Å². The summed E-state index contributed by atoms with van der Waals surface area (Å²) in [6.45, 7) is 2.85. The molecule has 0 bridgehead atoms. The maximum Gasteiger partial charge on any atom is 0.270 e. The monoisotopic (exact) mass is 300 g/mol. The fourth-order valence-corrected chi connectivity index (χ4v) is 1.92. The first-order chi connectivity index (χ1) is 10.6. The number of ether oxygens (including phenoxy) is 1. The van der Waals surface area contributed by atoms with E-state index in [1.807, 2.05) is 31.2 Å². The summed E-state index contributed by atoms with van der Waals surface area (Å²) in [5.74, 6) is 0.425. The summed E-state index contributed by atoms with van der Waals surface area (Å²) in [7, 11) is 0. The molecule has 0 saturated carbocycles. The van der Waals surface area contributed by atoms with E-state index in [0.717, 1.165) is 11.3 Å². The van der Waals surface area contributed by atoms with Crippen molar-refractivity contribution in [2.45, 2.75) is 13.5 Å². The first-order valence-electron chi connectivity index (χ1n) is 6.84. The Bertz CT molecular complexity index is 668. The maximum atomic E-state index is 12.0. The van der Waals surface area contributed by atoms with Gasteiger partial charge in [-0.1, -0.05) is 18.2 Å². The molecule has 22 heavy (non-hydrogen) atoms. The minimum absolute atomic E-state index is 0.103. The van der Waals surface area contributed by atoms with Gasteiger partial charge >= 0.3 is 0 Å². The lowest BCUT2D eigenvalue weighted by Crippen LogP contribution is -2.22. The van der Waals surface area contributed by atoms with Gasteiger partial charge in [0.25, 0.3) is 11.6 Å². The van der Waals surface area contributed by atoms with E-state index in [1.54, 1.807) is 6.07 Å². The third-order valence-electron chi connectivity index (χ3n) is 3.01. The first kappa shape index (κ1) is 15.5. The van der Waals surface area contributed by atoms with Crippen molar-refractivity contribution < 1.29 is 14.5 Å². The number of non-ortho nitro benzene ring substituents is 1. The normalized spacial score (nSPS) is 10.0. The molecule has 0 aliphatic rings. The molecule has 114 valence electrons. The Kier molecular flexibility index (Phi) is 5.08. The Morgan fingerprint density at radius 2 is 1.95 bits per heavy atom. The van der Waals surface area contributed by atoms with E-state index in [1.165, 1.54) is 18.2 Å². The Morgan fingerprint density at radius 1 is 1.23 bits per heavy atom. The number of nitrogens with zero attached hydrogens (tertiary/aromatic N) is 1. The van der Waals surface area contributed by atoms with Crippen LogP contribution in [0.25, 0.3) is 0 Å². The molecule has 0 spiro atoms. The predicted octanol–water partition coefficient (Wildman–Crippen LogP) is 2.92. The number of nitrogens with one attached hydrogen (secondary N) is 1. The second-order valence-electron chi connectivity index (χ2n) is 4.57. The molecular formula is C16H16N2O4. The lowest BCUT2D eigenvalue weighted by molar-refractivity contribution is -0.384. The summed E-state index contributed by atoms with van der Waals surface area (Å²) in [5.41, 5.74) is 1.08. The second-order valence-corrected chi connectivity index (χ2v) is 4.57. The highest BCUT2D eigenvalue weighted by molar-refractivity contribution is 5.94. The quantitative estimate of drug-likeness (QED) is 0.657. The molecule has 1 N–H and O–H groups in total. The van der Waals surface area contributed by atoms with Gasteiger partial charge in [-0.15, -0.1) is 0 Å². The van der Waals surface area contributed by atoms with Crippen LogP contribution in [-0.4, -0.2) is 17.4 Å². The van der Waals surface area contributed by atoms with Crippen LogP contribution in [0.15, 0.2) is 48.5 Å². The molecule has 0 aromatic heterocycles. The van der Waals surface area contributed by atoms with Gasteiger partial charge < -0.3 is 10.1 Å². The molecule has 0 saturated heterocycles. The summed E-state index contributed by atoms with van der Waals surface area (Å²) < 4.78 is 5.34. The third-order valence-corrected chi connectivity index (χ3v) is 3.01. The van der Waals surface area contributed by atoms with Gasteiger partial charge in [-0.05, 0) is 30.7 Å². The van der Waals surface area contributed by atoms with Gasteiger partial charge in [0.05, 0.1) is 11.5 Å². The number of rotatable bonds is 6. The molecule has 2 aromatic rings. The number of benzene rings is 2. The third kappa shape index (κ3) is 4.05. The van der Waals surface area contributed by atoms with Crippen LogP contribution in [0.4, 0.5) is 5.69 Å². The van der Waals surface area contributed by atoms with Gasteiger partial charge in [-0.25, -0.2) is 0 Å². The van der Waals surface area contributed by atoms with E-state index in [2.05, 4.69) is 5.32 Å². The number of carbonyl (C=O) groups excluding carboxylic acids is 1. The summed E-state index contributed by atoms with van der Waals surface area (Å²) in [5, 5.41) is 13.4. The van der Waals surface area contributed by atoms with Crippen molar-refractivity contribution in [3.63, 3.8) is 0 Å². The molecule has 2 aromatic carbocycles. The molecular weight excluding hydrogens is 284 g/mol. The number of amides is 1. The number of hydrogen-bond donors (Lipinski definition) is 1.